The van der Waals surface area contributed by atoms with Crippen LogP contribution in [0.5, 0.6) is 0 Å². The maximum absolute atomic E-state index is 4.69. The summed E-state index contributed by atoms with van der Waals surface area (Å²) < 4.78 is 0. The van der Waals surface area contributed by atoms with E-state index in [0.29, 0.717) is 0 Å². The van der Waals surface area contributed by atoms with Gasteiger partial charge in [0.25, 0.3) is 0 Å². The van der Waals surface area contributed by atoms with E-state index >= 15 is 0 Å². The Kier molecular flexibility index (Phi) is 4.66. The average Bonchev–Trinajstić information content (AvgIpc) is 2.70. The summed E-state index contributed by atoms with van der Waals surface area (Å²) in [5, 5.41) is 4.53. The van der Waals surface area contributed by atoms with E-state index in [9.17, 15) is 0 Å². The Morgan fingerprint density at radius 3 is 2.42 bits per heavy atom. The molecule has 0 bridgehead atoms. The zero-order valence-electron chi connectivity index (χ0n) is 12.1. The molecule has 0 aromatic carbocycles. The highest BCUT2D eigenvalue weighted by molar-refractivity contribution is 7.15. The lowest BCUT2D eigenvalue weighted by Gasteiger charge is -2.01. The minimum atomic E-state index is 0.917. The van der Waals surface area contributed by atoms with Gasteiger partial charge in [0.2, 0.25) is 0 Å². The number of nitrogens with one attached hydrogen (secondary N) is 1. The highest BCUT2D eigenvalue weighted by Gasteiger charge is 2.10. The quantitative estimate of drug-likeness (QED) is 0.847. The van der Waals surface area contributed by atoms with Crippen LogP contribution in [0.3, 0.4) is 0 Å². The van der Waals surface area contributed by atoms with E-state index in [-0.39, 0.29) is 0 Å². The Morgan fingerprint density at radius 2 is 1.79 bits per heavy atom. The van der Waals surface area contributed by atoms with Crippen LogP contribution in [-0.4, -0.2) is 16.5 Å². The third-order valence-corrected chi connectivity index (χ3v) is 4.14. The van der Waals surface area contributed by atoms with Crippen LogP contribution in [-0.2, 0) is 6.54 Å². The number of hydrogen-bond acceptors (Lipinski definition) is 4. The van der Waals surface area contributed by atoms with Crippen LogP contribution in [0.4, 0.5) is 0 Å². The SMILES string of the molecule is CCCNCc1sc(-c2cc(C)nc(C)c2)nc1C. The van der Waals surface area contributed by atoms with Crippen molar-refractivity contribution >= 4 is 11.3 Å². The predicted octanol–water partition coefficient (Wildman–Crippen LogP) is 3.63. The molecule has 0 aliphatic heterocycles. The van der Waals surface area contributed by atoms with Gasteiger partial charge in [0.1, 0.15) is 5.01 Å². The Hall–Kier alpha value is -1.26. The first-order chi connectivity index (χ1) is 9.10. The van der Waals surface area contributed by atoms with Crippen molar-refractivity contribution in [3.05, 3.63) is 34.1 Å². The summed E-state index contributed by atoms with van der Waals surface area (Å²) in [6.07, 6.45) is 1.16. The molecule has 0 radical (unpaired) electrons. The Morgan fingerprint density at radius 1 is 1.11 bits per heavy atom. The second-order valence-corrected chi connectivity index (χ2v) is 5.93. The molecule has 3 nitrogen and oxygen atoms in total. The Labute approximate surface area is 119 Å². The van der Waals surface area contributed by atoms with Crippen molar-refractivity contribution in [2.45, 2.75) is 40.7 Å². The van der Waals surface area contributed by atoms with Crippen LogP contribution < -0.4 is 5.32 Å². The summed E-state index contributed by atoms with van der Waals surface area (Å²) in [7, 11) is 0. The minimum absolute atomic E-state index is 0.917. The number of nitrogens with zero attached hydrogens (tertiary/aromatic N) is 2. The molecule has 0 unspecified atom stereocenters. The molecule has 2 aromatic rings. The van der Waals surface area contributed by atoms with E-state index in [2.05, 4.69) is 36.3 Å². The molecule has 0 fully saturated rings. The van der Waals surface area contributed by atoms with Crippen LogP contribution in [0.1, 0.15) is 35.3 Å². The molecule has 19 heavy (non-hydrogen) atoms. The van der Waals surface area contributed by atoms with Crippen molar-refractivity contribution in [3.8, 4) is 10.6 Å². The molecular weight excluding hydrogens is 254 g/mol. The maximum Gasteiger partial charge on any atom is 0.124 e. The molecule has 0 saturated carbocycles. The zero-order valence-corrected chi connectivity index (χ0v) is 12.9. The van der Waals surface area contributed by atoms with Crippen molar-refractivity contribution in [2.75, 3.05) is 6.54 Å². The van der Waals surface area contributed by atoms with Crippen molar-refractivity contribution in [1.82, 2.24) is 15.3 Å². The summed E-state index contributed by atoms with van der Waals surface area (Å²) in [6.45, 7) is 10.3. The molecule has 102 valence electrons. The molecular formula is C15H21N3S. The molecule has 0 aliphatic carbocycles. The van der Waals surface area contributed by atoms with E-state index in [0.717, 1.165) is 41.6 Å². The van der Waals surface area contributed by atoms with E-state index in [1.807, 2.05) is 13.8 Å². The maximum atomic E-state index is 4.69. The summed E-state index contributed by atoms with van der Waals surface area (Å²) >= 11 is 1.78. The molecule has 2 heterocycles. The first kappa shape index (κ1) is 14.2. The van der Waals surface area contributed by atoms with Crippen LogP contribution in [0, 0.1) is 20.8 Å². The fourth-order valence-corrected chi connectivity index (χ4v) is 3.07. The number of pyridine rings is 1. The van der Waals surface area contributed by atoms with Crippen molar-refractivity contribution < 1.29 is 0 Å². The lowest BCUT2D eigenvalue weighted by atomic mass is 10.2. The van der Waals surface area contributed by atoms with Gasteiger partial charge in [-0.3, -0.25) is 4.98 Å². The molecule has 0 aliphatic rings. The van der Waals surface area contributed by atoms with E-state index in [1.165, 1.54) is 10.4 Å². The van der Waals surface area contributed by atoms with E-state index in [1.54, 1.807) is 11.3 Å². The number of aromatic nitrogens is 2. The van der Waals surface area contributed by atoms with Gasteiger partial charge in [-0.2, -0.15) is 0 Å². The summed E-state index contributed by atoms with van der Waals surface area (Å²) in [6, 6.07) is 4.21. The van der Waals surface area contributed by atoms with Gasteiger partial charge in [0.05, 0.1) is 5.69 Å². The van der Waals surface area contributed by atoms with Crippen LogP contribution in [0.2, 0.25) is 0 Å². The summed E-state index contributed by atoms with van der Waals surface area (Å²) in [5.74, 6) is 0. The van der Waals surface area contributed by atoms with Crippen LogP contribution in [0.25, 0.3) is 10.6 Å². The van der Waals surface area contributed by atoms with Gasteiger partial charge >= 0.3 is 0 Å². The third-order valence-electron chi connectivity index (χ3n) is 2.93. The number of aryl methyl sites for hydroxylation is 3. The predicted molar refractivity (Wildman–Crippen MR) is 81.6 cm³/mol. The fourth-order valence-electron chi connectivity index (χ4n) is 2.05. The van der Waals surface area contributed by atoms with Gasteiger partial charge in [0, 0.05) is 28.4 Å². The first-order valence-electron chi connectivity index (χ1n) is 6.73. The molecule has 0 atom stereocenters. The van der Waals surface area contributed by atoms with Gasteiger partial charge < -0.3 is 5.32 Å². The topological polar surface area (TPSA) is 37.8 Å². The van der Waals surface area contributed by atoms with E-state index < -0.39 is 0 Å². The zero-order chi connectivity index (χ0) is 13.8. The number of hydrogen-bond donors (Lipinski definition) is 1. The molecule has 4 heteroatoms. The second kappa shape index (κ2) is 6.26. The van der Waals surface area contributed by atoms with Crippen molar-refractivity contribution in [3.63, 3.8) is 0 Å². The second-order valence-electron chi connectivity index (χ2n) is 4.84. The largest absolute Gasteiger partial charge is 0.312 e. The lowest BCUT2D eigenvalue weighted by Crippen LogP contribution is -2.13. The highest BCUT2D eigenvalue weighted by atomic mass is 32.1. The number of thiazole rings is 1. The monoisotopic (exact) mass is 275 g/mol. The van der Waals surface area contributed by atoms with Crippen LogP contribution >= 0.6 is 11.3 Å². The Balaban J connectivity index is 2.23. The van der Waals surface area contributed by atoms with Gasteiger partial charge in [0.15, 0.2) is 0 Å². The smallest absolute Gasteiger partial charge is 0.124 e. The summed E-state index contributed by atoms with van der Waals surface area (Å²) in [5.41, 5.74) is 4.41. The van der Waals surface area contributed by atoms with Gasteiger partial charge in [-0.15, -0.1) is 11.3 Å². The first-order valence-corrected chi connectivity index (χ1v) is 7.54. The van der Waals surface area contributed by atoms with Crippen molar-refractivity contribution in [1.29, 1.82) is 0 Å². The molecule has 0 amide bonds. The molecule has 1 N–H and O–H groups in total. The third kappa shape index (κ3) is 3.61. The van der Waals surface area contributed by atoms with E-state index in [4.69, 9.17) is 4.98 Å². The lowest BCUT2D eigenvalue weighted by molar-refractivity contribution is 0.678. The highest BCUT2D eigenvalue weighted by Crippen LogP contribution is 2.28. The average molecular weight is 275 g/mol. The van der Waals surface area contributed by atoms with Crippen LogP contribution in [0.15, 0.2) is 12.1 Å². The van der Waals surface area contributed by atoms with Gasteiger partial charge in [-0.1, -0.05) is 6.92 Å². The minimum Gasteiger partial charge on any atom is -0.312 e. The molecule has 2 aromatic heterocycles. The van der Waals surface area contributed by atoms with Gasteiger partial charge in [-0.25, -0.2) is 4.98 Å². The normalized spacial score (nSPS) is 10.9. The standard InChI is InChI=1S/C15H21N3S/c1-5-6-16-9-14-12(4)18-15(19-14)13-7-10(2)17-11(3)8-13/h7-8,16H,5-6,9H2,1-4H3. The molecule has 0 saturated heterocycles. The summed E-state index contributed by atoms with van der Waals surface area (Å²) in [4.78, 5) is 10.4. The molecule has 2 rings (SSSR count). The number of rotatable bonds is 5. The fraction of sp³-hybridized carbons (Fsp3) is 0.467. The van der Waals surface area contributed by atoms with Crippen molar-refractivity contribution in [2.24, 2.45) is 0 Å². The van der Waals surface area contributed by atoms with Gasteiger partial charge in [-0.05, 0) is 45.9 Å². The Bertz CT molecular complexity index is 540. The molecule has 0 spiro atoms.